The lowest BCUT2D eigenvalue weighted by molar-refractivity contribution is -0.118. The van der Waals surface area contributed by atoms with Crippen molar-refractivity contribution < 1.29 is 4.79 Å². The van der Waals surface area contributed by atoms with Gasteiger partial charge in [-0.1, -0.05) is 23.7 Å². The fourth-order valence-corrected chi connectivity index (χ4v) is 3.03. The summed E-state index contributed by atoms with van der Waals surface area (Å²) in [7, 11) is 2.10. The number of amides is 1. The van der Waals surface area contributed by atoms with Crippen LogP contribution in [0.3, 0.4) is 0 Å². The topological polar surface area (TPSA) is 44.7 Å². The Bertz CT molecular complexity index is 511. The summed E-state index contributed by atoms with van der Waals surface area (Å²) in [6.45, 7) is 2.02. The Morgan fingerprint density at radius 3 is 2.90 bits per heavy atom. The molecule has 1 saturated heterocycles. The second-order valence-corrected chi connectivity index (χ2v) is 6.56. The second-order valence-electron chi connectivity index (χ2n) is 5.14. The summed E-state index contributed by atoms with van der Waals surface area (Å²) in [5.41, 5.74) is 4.86. The van der Waals surface area contributed by atoms with Crippen molar-refractivity contribution >= 4 is 35.0 Å². The molecule has 0 aromatic heterocycles. The van der Waals surface area contributed by atoms with Crippen LogP contribution in [0, 0.1) is 0 Å². The van der Waals surface area contributed by atoms with E-state index < -0.39 is 0 Å². The minimum atomic E-state index is -0.0477. The molecule has 1 heterocycles. The molecule has 0 spiro atoms. The van der Waals surface area contributed by atoms with E-state index in [2.05, 4.69) is 22.5 Å². The minimum absolute atomic E-state index is 0.0477. The number of nitrogens with one attached hydrogen (secondary N) is 1. The SMILES string of the molecule is CN1CCC(=NNC(=O)CSCc2cccc(Cl)c2)CC1. The van der Waals surface area contributed by atoms with Crippen LogP contribution >= 0.6 is 23.4 Å². The van der Waals surface area contributed by atoms with Crippen LogP contribution in [0.25, 0.3) is 0 Å². The highest BCUT2D eigenvalue weighted by atomic mass is 35.5. The van der Waals surface area contributed by atoms with E-state index >= 15 is 0 Å². The molecule has 4 nitrogen and oxygen atoms in total. The molecule has 1 aromatic rings. The average Bonchev–Trinajstić information content (AvgIpc) is 2.47. The standard InChI is InChI=1S/C15H20ClN3OS/c1-19-7-5-14(6-8-19)17-18-15(20)11-21-10-12-3-2-4-13(16)9-12/h2-4,9H,5-8,10-11H2,1H3,(H,18,20). The molecule has 0 aliphatic carbocycles. The number of piperidine rings is 1. The number of likely N-dealkylation sites (tertiary alicyclic amines) is 1. The number of hydrogen-bond donors (Lipinski definition) is 1. The molecule has 1 amide bonds. The zero-order valence-electron chi connectivity index (χ0n) is 12.1. The van der Waals surface area contributed by atoms with Crippen LogP contribution in [-0.2, 0) is 10.5 Å². The number of benzene rings is 1. The summed E-state index contributed by atoms with van der Waals surface area (Å²) < 4.78 is 0. The van der Waals surface area contributed by atoms with Crippen molar-refractivity contribution in [3.05, 3.63) is 34.9 Å². The van der Waals surface area contributed by atoms with Gasteiger partial charge in [0.25, 0.3) is 0 Å². The molecular formula is C15H20ClN3OS. The number of halogens is 1. The summed E-state index contributed by atoms with van der Waals surface area (Å²) >= 11 is 7.48. The van der Waals surface area contributed by atoms with Crippen LogP contribution in [0.1, 0.15) is 18.4 Å². The van der Waals surface area contributed by atoms with Gasteiger partial charge in [0.05, 0.1) is 5.75 Å². The van der Waals surface area contributed by atoms with Crippen LogP contribution < -0.4 is 5.43 Å². The molecule has 1 fully saturated rings. The maximum absolute atomic E-state index is 11.7. The van der Waals surface area contributed by atoms with E-state index in [4.69, 9.17) is 11.6 Å². The number of hydrazone groups is 1. The normalized spacial score (nSPS) is 15.8. The van der Waals surface area contributed by atoms with E-state index in [1.54, 1.807) is 11.8 Å². The highest BCUT2D eigenvalue weighted by Crippen LogP contribution is 2.16. The van der Waals surface area contributed by atoms with Crippen molar-refractivity contribution in [2.24, 2.45) is 5.10 Å². The van der Waals surface area contributed by atoms with Crippen molar-refractivity contribution in [2.75, 3.05) is 25.9 Å². The van der Waals surface area contributed by atoms with Gasteiger partial charge >= 0.3 is 0 Å². The zero-order chi connectivity index (χ0) is 15.1. The molecule has 114 valence electrons. The Morgan fingerprint density at radius 1 is 1.43 bits per heavy atom. The van der Waals surface area contributed by atoms with Crippen molar-refractivity contribution in [3.8, 4) is 0 Å². The Hall–Kier alpha value is -1.04. The Balaban J connectivity index is 1.67. The van der Waals surface area contributed by atoms with E-state index in [1.165, 1.54) is 0 Å². The molecular weight excluding hydrogens is 306 g/mol. The predicted octanol–water partition coefficient (Wildman–Crippen LogP) is 2.77. The first-order valence-electron chi connectivity index (χ1n) is 6.98. The van der Waals surface area contributed by atoms with Gasteiger partial charge in [-0.2, -0.15) is 5.10 Å². The first kappa shape index (κ1) is 16.3. The minimum Gasteiger partial charge on any atom is -0.306 e. The van der Waals surface area contributed by atoms with Gasteiger partial charge in [0.15, 0.2) is 0 Å². The van der Waals surface area contributed by atoms with Crippen LogP contribution in [0.4, 0.5) is 0 Å². The molecule has 21 heavy (non-hydrogen) atoms. The molecule has 6 heteroatoms. The Labute approximate surface area is 134 Å². The first-order chi connectivity index (χ1) is 10.1. The monoisotopic (exact) mass is 325 g/mol. The van der Waals surface area contributed by atoms with Gasteiger partial charge in [-0.05, 0) is 24.7 Å². The second kappa shape index (κ2) is 8.41. The van der Waals surface area contributed by atoms with Gasteiger partial charge in [0.2, 0.25) is 5.91 Å². The number of rotatable bonds is 5. The van der Waals surface area contributed by atoms with Crippen LogP contribution in [0.2, 0.25) is 5.02 Å². The predicted molar refractivity (Wildman–Crippen MR) is 89.9 cm³/mol. The third-order valence-electron chi connectivity index (χ3n) is 3.29. The van der Waals surface area contributed by atoms with Gasteiger partial charge < -0.3 is 4.90 Å². The third kappa shape index (κ3) is 6.08. The molecule has 0 radical (unpaired) electrons. The molecule has 1 aliphatic rings. The van der Waals surface area contributed by atoms with Gasteiger partial charge in [0.1, 0.15) is 0 Å². The maximum atomic E-state index is 11.7. The van der Waals surface area contributed by atoms with Crippen molar-refractivity contribution in [1.29, 1.82) is 0 Å². The average molecular weight is 326 g/mol. The van der Waals surface area contributed by atoms with Gasteiger partial charge in [0, 0.05) is 42.4 Å². The van der Waals surface area contributed by atoms with Crippen LogP contribution in [0.5, 0.6) is 0 Å². The van der Waals surface area contributed by atoms with Crippen molar-refractivity contribution in [2.45, 2.75) is 18.6 Å². The lowest BCUT2D eigenvalue weighted by Crippen LogP contribution is -2.32. The molecule has 0 atom stereocenters. The molecule has 0 unspecified atom stereocenters. The molecule has 2 rings (SSSR count). The third-order valence-corrected chi connectivity index (χ3v) is 4.53. The lowest BCUT2D eigenvalue weighted by atomic mass is 10.1. The maximum Gasteiger partial charge on any atom is 0.250 e. The quantitative estimate of drug-likeness (QED) is 0.847. The fourth-order valence-electron chi connectivity index (χ4n) is 2.05. The number of carbonyl (C=O) groups excluding carboxylic acids is 1. The van der Waals surface area contributed by atoms with Crippen molar-refractivity contribution in [3.63, 3.8) is 0 Å². The van der Waals surface area contributed by atoms with E-state index in [1.807, 2.05) is 24.3 Å². The van der Waals surface area contributed by atoms with E-state index in [-0.39, 0.29) is 5.91 Å². The van der Waals surface area contributed by atoms with Crippen molar-refractivity contribution in [1.82, 2.24) is 10.3 Å². The van der Waals surface area contributed by atoms with E-state index in [0.717, 1.165) is 48.0 Å². The smallest absolute Gasteiger partial charge is 0.250 e. The summed E-state index contributed by atoms with van der Waals surface area (Å²) in [4.78, 5) is 14.0. The van der Waals surface area contributed by atoms with Gasteiger partial charge in [-0.3, -0.25) is 4.79 Å². The Kier molecular flexibility index (Phi) is 6.54. The van der Waals surface area contributed by atoms with E-state index in [9.17, 15) is 4.79 Å². The van der Waals surface area contributed by atoms with E-state index in [0.29, 0.717) is 5.75 Å². The first-order valence-corrected chi connectivity index (χ1v) is 8.52. The highest BCUT2D eigenvalue weighted by Gasteiger charge is 2.11. The molecule has 1 N–H and O–H groups in total. The number of hydrogen-bond acceptors (Lipinski definition) is 4. The highest BCUT2D eigenvalue weighted by molar-refractivity contribution is 7.99. The van der Waals surface area contributed by atoms with Gasteiger partial charge in [-0.15, -0.1) is 11.8 Å². The van der Waals surface area contributed by atoms with Gasteiger partial charge in [-0.25, -0.2) is 5.43 Å². The molecule has 1 aromatic carbocycles. The summed E-state index contributed by atoms with van der Waals surface area (Å²) in [5, 5.41) is 4.94. The molecule has 1 aliphatic heterocycles. The van der Waals surface area contributed by atoms with Crippen LogP contribution in [-0.4, -0.2) is 42.4 Å². The summed E-state index contributed by atoms with van der Waals surface area (Å²) in [6.07, 6.45) is 1.87. The molecule has 0 saturated carbocycles. The van der Waals surface area contributed by atoms with Crippen LogP contribution in [0.15, 0.2) is 29.4 Å². The lowest BCUT2D eigenvalue weighted by Gasteiger charge is -2.22. The number of nitrogens with zero attached hydrogens (tertiary/aromatic N) is 2. The largest absolute Gasteiger partial charge is 0.306 e. The number of thioether (sulfide) groups is 1. The zero-order valence-corrected chi connectivity index (χ0v) is 13.7. The fraction of sp³-hybridized carbons (Fsp3) is 0.467. The summed E-state index contributed by atoms with van der Waals surface area (Å²) in [6, 6.07) is 7.70. The molecule has 0 bridgehead atoms. The number of carbonyl (C=O) groups is 1. The summed E-state index contributed by atoms with van der Waals surface area (Å²) in [5.74, 6) is 1.13. The Morgan fingerprint density at radius 2 is 2.19 bits per heavy atom.